The number of rotatable bonds is 4. The molecule has 0 aromatic heterocycles. The molecule has 1 aliphatic rings. The highest BCUT2D eigenvalue weighted by atomic mass is 16.5. The lowest BCUT2D eigenvalue weighted by Crippen LogP contribution is -2.48. The molecule has 2 aromatic carbocycles. The summed E-state index contributed by atoms with van der Waals surface area (Å²) in [6, 6.07) is 12.4. The summed E-state index contributed by atoms with van der Waals surface area (Å²) < 4.78 is 4.84. The molecule has 1 aliphatic carbocycles. The Balaban J connectivity index is 1.81. The van der Waals surface area contributed by atoms with Gasteiger partial charge in [-0.2, -0.15) is 0 Å². The first kappa shape index (κ1) is 17.1. The van der Waals surface area contributed by atoms with E-state index >= 15 is 0 Å². The van der Waals surface area contributed by atoms with Gasteiger partial charge in [-0.05, 0) is 41.7 Å². The molecular weight excluding hydrogens is 318 g/mol. The maximum Gasteiger partial charge on any atom is 0.328 e. The van der Waals surface area contributed by atoms with Gasteiger partial charge in [0.1, 0.15) is 11.8 Å². The number of ether oxygens (including phenoxy) is 1. The van der Waals surface area contributed by atoms with Crippen molar-refractivity contribution in [2.45, 2.75) is 31.7 Å². The van der Waals surface area contributed by atoms with E-state index < -0.39 is 12.0 Å². The second-order valence-electron chi connectivity index (χ2n) is 6.43. The second kappa shape index (κ2) is 7.47. The van der Waals surface area contributed by atoms with Crippen molar-refractivity contribution < 1.29 is 19.1 Å². The Hall–Kier alpha value is -2.69. The average Bonchev–Trinajstić information content (AvgIpc) is 2.64. The Kier molecular flexibility index (Phi) is 5.12. The van der Waals surface area contributed by atoms with Crippen molar-refractivity contribution in [1.29, 1.82) is 0 Å². The smallest absolute Gasteiger partial charge is 0.328 e. The number of fused-ring (bicyclic) bond motifs is 1. The summed E-state index contributed by atoms with van der Waals surface area (Å²) in [4.78, 5) is 36.5. The van der Waals surface area contributed by atoms with Crippen LogP contribution in [-0.2, 0) is 14.3 Å². The molecule has 3 rings (SSSR count). The third kappa shape index (κ3) is 3.87. The summed E-state index contributed by atoms with van der Waals surface area (Å²) in [6.45, 7) is 0. The van der Waals surface area contributed by atoms with Crippen LogP contribution in [0.2, 0.25) is 0 Å². The van der Waals surface area contributed by atoms with Crippen LogP contribution in [0, 0.1) is 5.92 Å². The van der Waals surface area contributed by atoms with Crippen molar-refractivity contribution >= 4 is 28.4 Å². The molecule has 25 heavy (non-hydrogen) atoms. The molecule has 0 heterocycles. The molecule has 0 radical (unpaired) electrons. The van der Waals surface area contributed by atoms with E-state index in [2.05, 4.69) is 5.32 Å². The largest absolute Gasteiger partial charge is 0.467 e. The summed E-state index contributed by atoms with van der Waals surface area (Å²) in [5.41, 5.74) is 0.481. The minimum atomic E-state index is -0.798. The fraction of sp³-hybridized carbons (Fsp3) is 0.350. The first-order valence-electron chi connectivity index (χ1n) is 8.47. The minimum absolute atomic E-state index is 0.130. The molecule has 0 saturated heterocycles. The fourth-order valence-electron chi connectivity index (χ4n) is 3.39. The van der Waals surface area contributed by atoms with Crippen LogP contribution in [0.3, 0.4) is 0 Å². The number of hydrogen-bond donors (Lipinski definition) is 1. The van der Waals surface area contributed by atoms with E-state index in [0.717, 1.165) is 23.6 Å². The van der Waals surface area contributed by atoms with Crippen LogP contribution in [0.15, 0.2) is 42.5 Å². The normalized spacial score (nSPS) is 18.6. The molecule has 2 aromatic rings. The highest BCUT2D eigenvalue weighted by Gasteiger charge is 2.34. The molecule has 5 heteroatoms. The number of benzene rings is 2. The Morgan fingerprint density at radius 3 is 2.64 bits per heavy atom. The number of esters is 1. The Morgan fingerprint density at radius 1 is 1.16 bits per heavy atom. The van der Waals surface area contributed by atoms with Crippen molar-refractivity contribution in [2.24, 2.45) is 5.92 Å². The number of carbonyl (C=O) groups is 3. The predicted octanol–water partition coefficient (Wildman–Crippen LogP) is 2.87. The van der Waals surface area contributed by atoms with Crippen molar-refractivity contribution in [3.63, 3.8) is 0 Å². The van der Waals surface area contributed by atoms with Crippen LogP contribution >= 0.6 is 0 Å². The summed E-state index contributed by atoms with van der Waals surface area (Å²) in [7, 11) is 1.29. The van der Waals surface area contributed by atoms with E-state index in [1.807, 2.05) is 30.3 Å². The number of Topliss-reactive ketones (excluding diaryl/α,β-unsaturated/α-hetero) is 1. The average molecular weight is 339 g/mol. The van der Waals surface area contributed by atoms with Gasteiger partial charge in [-0.25, -0.2) is 4.79 Å². The second-order valence-corrected chi connectivity index (χ2v) is 6.43. The number of amides is 1. The summed E-state index contributed by atoms with van der Waals surface area (Å²) in [6.07, 6.45) is 2.31. The minimum Gasteiger partial charge on any atom is -0.467 e. The van der Waals surface area contributed by atoms with Gasteiger partial charge in [0.2, 0.25) is 0 Å². The molecule has 1 amide bonds. The summed E-state index contributed by atoms with van der Waals surface area (Å²) >= 11 is 0. The number of hydrogen-bond acceptors (Lipinski definition) is 4. The van der Waals surface area contributed by atoms with E-state index in [-0.39, 0.29) is 17.6 Å². The van der Waals surface area contributed by atoms with Gasteiger partial charge in [-0.3, -0.25) is 9.59 Å². The third-order valence-corrected chi connectivity index (χ3v) is 4.75. The highest BCUT2D eigenvalue weighted by molar-refractivity contribution is 6.00. The number of nitrogens with one attached hydrogen (secondary N) is 1. The maximum atomic E-state index is 12.6. The van der Waals surface area contributed by atoms with Crippen LogP contribution in [0.1, 0.15) is 36.0 Å². The molecule has 1 N–H and O–H groups in total. The van der Waals surface area contributed by atoms with Crippen LogP contribution in [-0.4, -0.2) is 30.8 Å². The van der Waals surface area contributed by atoms with Gasteiger partial charge in [-0.1, -0.05) is 30.3 Å². The molecule has 0 aliphatic heterocycles. The van der Waals surface area contributed by atoms with Gasteiger partial charge >= 0.3 is 5.97 Å². The van der Waals surface area contributed by atoms with E-state index in [4.69, 9.17) is 4.74 Å². The fourth-order valence-corrected chi connectivity index (χ4v) is 3.39. The molecule has 1 fully saturated rings. The van der Waals surface area contributed by atoms with Crippen molar-refractivity contribution in [1.82, 2.24) is 5.32 Å². The van der Waals surface area contributed by atoms with Gasteiger partial charge in [0, 0.05) is 18.4 Å². The van der Waals surface area contributed by atoms with E-state index in [0.29, 0.717) is 18.4 Å². The van der Waals surface area contributed by atoms with Crippen molar-refractivity contribution in [2.75, 3.05) is 7.11 Å². The molecule has 5 nitrogen and oxygen atoms in total. The lowest BCUT2D eigenvalue weighted by Gasteiger charge is -2.28. The molecule has 1 saturated carbocycles. The van der Waals surface area contributed by atoms with Crippen LogP contribution < -0.4 is 5.32 Å². The topological polar surface area (TPSA) is 72.5 Å². The van der Waals surface area contributed by atoms with Crippen molar-refractivity contribution in [3.05, 3.63) is 48.0 Å². The molecule has 0 spiro atoms. The van der Waals surface area contributed by atoms with Crippen LogP contribution in [0.5, 0.6) is 0 Å². The third-order valence-electron chi connectivity index (χ3n) is 4.75. The zero-order valence-electron chi connectivity index (χ0n) is 14.2. The quantitative estimate of drug-likeness (QED) is 0.870. The zero-order chi connectivity index (χ0) is 17.8. The van der Waals surface area contributed by atoms with E-state index in [9.17, 15) is 14.4 Å². The maximum absolute atomic E-state index is 12.6. The van der Waals surface area contributed by atoms with Gasteiger partial charge < -0.3 is 10.1 Å². The monoisotopic (exact) mass is 339 g/mol. The SMILES string of the molecule is COC(=O)[C@@H](NC(=O)c1ccc2ccccc2c1)[C@H]1CCCC(=O)C1. The standard InChI is InChI=1S/C20H21NO4/c1-25-20(24)18(15-7-4-8-17(22)12-15)21-19(23)16-10-9-13-5-2-3-6-14(13)11-16/h2-3,5-6,9-11,15,18H,4,7-8,12H2,1H3,(H,21,23)/t15-,18-/m0/s1. The first-order valence-corrected chi connectivity index (χ1v) is 8.47. The number of ketones is 1. The molecule has 2 atom stereocenters. The predicted molar refractivity (Wildman–Crippen MR) is 94.2 cm³/mol. The molecule has 130 valence electrons. The van der Waals surface area contributed by atoms with Crippen molar-refractivity contribution in [3.8, 4) is 0 Å². The van der Waals surface area contributed by atoms with Gasteiger partial charge in [0.15, 0.2) is 0 Å². The Morgan fingerprint density at radius 2 is 1.92 bits per heavy atom. The lowest BCUT2D eigenvalue weighted by molar-refractivity contribution is -0.145. The van der Waals surface area contributed by atoms with Gasteiger partial charge in [0.25, 0.3) is 5.91 Å². The number of carbonyl (C=O) groups excluding carboxylic acids is 3. The first-order chi connectivity index (χ1) is 12.1. The zero-order valence-corrected chi connectivity index (χ0v) is 14.2. The molecular formula is C20H21NO4. The van der Waals surface area contributed by atoms with E-state index in [1.54, 1.807) is 12.1 Å². The van der Waals surface area contributed by atoms with E-state index in [1.165, 1.54) is 7.11 Å². The molecule has 0 bridgehead atoms. The van der Waals surface area contributed by atoms with Crippen LogP contribution in [0.4, 0.5) is 0 Å². The summed E-state index contributed by atoms with van der Waals surface area (Å²) in [5.74, 6) is -0.920. The summed E-state index contributed by atoms with van der Waals surface area (Å²) in [5, 5.41) is 4.77. The highest BCUT2D eigenvalue weighted by Crippen LogP contribution is 2.25. The number of methoxy groups -OCH3 is 1. The Labute approximate surface area is 146 Å². The van der Waals surface area contributed by atoms with Gasteiger partial charge in [0.05, 0.1) is 7.11 Å². The lowest BCUT2D eigenvalue weighted by atomic mass is 9.83. The Bertz CT molecular complexity index is 814. The van der Waals surface area contributed by atoms with Gasteiger partial charge in [-0.15, -0.1) is 0 Å². The van der Waals surface area contributed by atoms with Crippen LogP contribution in [0.25, 0.3) is 10.8 Å². The molecule has 0 unspecified atom stereocenters.